The van der Waals surface area contributed by atoms with Gasteiger partial charge in [-0.05, 0) is 42.2 Å². The number of nitrogens with zero attached hydrogens (tertiary/aromatic N) is 1. The van der Waals surface area contributed by atoms with Crippen LogP contribution in [0.5, 0.6) is 5.75 Å². The highest BCUT2D eigenvalue weighted by Crippen LogP contribution is 2.17. The summed E-state index contributed by atoms with van der Waals surface area (Å²) in [5.41, 5.74) is 0.961. The number of rotatable bonds is 10. The molecule has 156 valence electrons. The summed E-state index contributed by atoms with van der Waals surface area (Å²) in [7, 11) is 0. The Morgan fingerprint density at radius 2 is 1.72 bits per heavy atom. The number of benzene rings is 2. The molecule has 0 spiro atoms. The molecule has 2 aromatic rings. The van der Waals surface area contributed by atoms with Gasteiger partial charge in [-0.15, -0.1) is 0 Å². The zero-order valence-electron chi connectivity index (χ0n) is 17.2. The molecule has 2 amide bonds. The molecule has 0 aliphatic rings. The molecule has 0 saturated heterocycles. The smallest absolute Gasteiger partial charge is 0.261 e. The van der Waals surface area contributed by atoms with E-state index in [2.05, 4.69) is 5.32 Å². The molecule has 0 aromatic heterocycles. The van der Waals surface area contributed by atoms with Crippen LogP contribution in [0, 0.1) is 5.92 Å². The third kappa shape index (κ3) is 7.42. The largest absolute Gasteiger partial charge is 0.484 e. The van der Waals surface area contributed by atoms with Crippen molar-refractivity contribution in [2.45, 2.75) is 39.8 Å². The number of nitrogens with one attached hydrogen (secondary N) is 1. The van der Waals surface area contributed by atoms with Gasteiger partial charge in [0.15, 0.2) is 6.61 Å². The number of carbonyl (C=O) groups is 2. The highest BCUT2D eigenvalue weighted by molar-refractivity contribution is 6.30. The topological polar surface area (TPSA) is 58.6 Å². The van der Waals surface area contributed by atoms with Crippen molar-refractivity contribution >= 4 is 23.4 Å². The lowest BCUT2D eigenvalue weighted by Gasteiger charge is -2.30. The predicted molar refractivity (Wildman–Crippen MR) is 116 cm³/mol. The van der Waals surface area contributed by atoms with E-state index in [-0.39, 0.29) is 18.4 Å². The van der Waals surface area contributed by atoms with Crippen LogP contribution in [0.25, 0.3) is 0 Å². The second-order valence-electron chi connectivity index (χ2n) is 7.31. The average Bonchev–Trinajstić information content (AvgIpc) is 2.72. The number of ether oxygens (including phenoxy) is 1. The third-order valence-electron chi connectivity index (χ3n) is 4.44. The minimum Gasteiger partial charge on any atom is -0.484 e. The first kappa shape index (κ1) is 22.8. The maximum absolute atomic E-state index is 13.0. The lowest BCUT2D eigenvalue weighted by Crippen LogP contribution is -2.50. The standard InChI is InChI=1S/C23H29ClN2O3/c1-4-21(23(28)25-14-17(2)3)26(15-18-8-6-5-7-9-18)22(27)16-29-20-12-10-19(24)11-13-20/h5-13,17,21H,4,14-16H2,1-3H3,(H,25,28). The van der Waals surface area contributed by atoms with Crippen molar-refractivity contribution in [2.75, 3.05) is 13.2 Å². The fraction of sp³-hybridized carbons (Fsp3) is 0.391. The van der Waals surface area contributed by atoms with Crippen LogP contribution < -0.4 is 10.1 Å². The van der Waals surface area contributed by atoms with E-state index in [0.29, 0.717) is 36.2 Å². The lowest BCUT2D eigenvalue weighted by atomic mass is 10.1. The van der Waals surface area contributed by atoms with E-state index in [1.807, 2.05) is 51.1 Å². The maximum Gasteiger partial charge on any atom is 0.261 e. The molecule has 6 heteroatoms. The number of amides is 2. The van der Waals surface area contributed by atoms with Crippen molar-refractivity contribution in [3.63, 3.8) is 0 Å². The van der Waals surface area contributed by atoms with Crippen LogP contribution in [-0.2, 0) is 16.1 Å². The Labute approximate surface area is 178 Å². The van der Waals surface area contributed by atoms with Crippen molar-refractivity contribution in [3.8, 4) is 5.75 Å². The van der Waals surface area contributed by atoms with Crippen molar-refractivity contribution in [1.29, 1.82) is 0 Å². The fourth-order valence-electron chi connectivity index (χ4n) is 2.88. The van der Waals surface area contributed by atoms with Gasteiger partial charge in [-0.2, -0.15) is 0 Å². The Hall–Kier alpha value is -2.53. The number of hydrogen-bond acceptors (Lipinski definition) is 3. The molecule has 1 unspecified atom stereocenters. The summed E-state index contributed by atoms with van der Waals surface area (Å²) in [6.45, 7) is 6.75. The first-order valence-electron chi connectivity index (χ1n) is 9.90. The summed E-state index contributed by atoms with van der Waals surface area (Å²) in [6, 6.07) is 15.9. The minimum absolute atomic E-state index is 0.142. The Morgan fingerprint density at radius 1 is 1.07 bits per heavy atom. The van der Waals surface area contributed by atoms with Crippen molar-refractivity contribution in [3.05, 3.63) is 65.2 Å². The van der Waals surface area contributed by atoms with Gasteiger partial charge in [-0.3, -0.25) is 9.59 Å². The maximum atomic E-state index is 13.0. The fourth-order valence-corrected chi connectivity index (χ4v) is 3.01. The molecule has 1 atom stereocenters. The van der Waals surface area contributed by atoms with Crippen LogP contribution >= 0.6 is 11.6 Å². The van der Waals surface area contributed by atoms with E-state index in [4.69, 9.17) is 16.3 Å². The zero-order valence-corrected chi connectivity index (χ0v) is 18.0. The van der Waals surface area contributed by atoms with Gasteiger partial charge in [-0.25, -0.2) is 0 Å². The van der Waals surface area contributed by atoms with Gasteiger partial charge < -0.3 is 15.0 Å². The number of hydrogen-bond donors (Lipinski definition) is 1. The zero-order chi connectivity index (χ0) is 21.2. The van der Waals surface area contributed by atoms with Gasteiger partial charge >= 0.3 is 0 Å². The summed E-state index contributed by atoms with van der Waals surface area (Å²) in [5, 5.41) is 3.55. The van der Waals surface area contributed by atoms with E-state index in [9.17, 15) is 9.59 Å². The third-order valence-corrected chi connectivity index (χ3v) is 4.69. The van der Waals surface area contributed by atoms with Gasteiger partial charge in [-0.1, -0.05) is 62.7 Å². The summed E-state index contributed by atoms with van der Waals surface area (Å²) in [6.07, 6.45) is 0.517. The van der Waals surface area contributed by atoms with E-state index >= 15 is 0 Å². The van der Waals surface area contributed by atoms with Gasteiger partial charge in [0.2, 0.25) is 5.91 Å². The molecule has 0 saturated carbocycles. The highest BCUT2D eigenvalue weighted by Gasteiger charge is 2.28. The molecule has 2 aromatic carbocycles. The van der Waals surface area contributed by atoms with Crippen LogP contribution in [0.3, 0.4) is 0 Å². The van der Waals surface area contributed by atoms with E-state index < -0.39 is 6.04 Å². The second kappa shape index (κ2) is 11.5. The van der Waals surface area contributed by atoms with Gasteiger partial charge in [0.05, 0.1) is 0 Å². The van der Waals surface area contributed by atoms with Gasteiger partial charge in [0.1, 0.15) is 11.8 Å². The molecule has 0 aliphatic carbocycles. The molecule has 0 aliphatic heterocycles. The average molecular weight is 417 g/mol. The highest BCUT2D eigenvalue weighted by atomic mass is 35.5. The molecular formula is C23H29ClN2O3. The Morgan fingerprint density at radius 3 is 2.31 bits per heavy atom. The quantitative estimate of drug-likeness (QED) is 0.628. The molecule has 2 rings (SSSR count). The Bertz CT molecular complexity index is 778. The second-order valence-corrected chi connectivity index (χ2v) is 7.75. The van der Waals surface area contributed by atoms with Crippen LogP contribution in [0.4, 0.5) is 0 Å². The van der Waals surface area contributed by atoms with Crippen molar-refractivity contribution in [2.24, 2.45) is 5.92 Å². The van der Waals surface area contributed by atoms with Crippen LogP contribution in [0.1, 0.15) is 32.8 Å². The van der Waals surface area contributed by atoms with Crippen LogP contribution in [0.15, 0.2) is 54.6 Å². The summed E-state index contributed by atoms with van der Waals surface area (Å²) in [5.74, 6) is 0.509. The molecule has 5 nitrogen and oxygen atoms in total. The summed E-state index contributed by atoms with van der Waals surface area (Å²) < 4.78 is 5.63. The first-order valence-corrected chi connectivity index (χ1v) is 10.3. The van der Waals surface area contributed by atoms with E-state index in [0.717, 1.165) is 5.56 Å². The monoisotopic (exact) mass is 416 g/mol. The van der Waals surface area contributed by atoms with Crippen LogP contribution in [-0.4, -0.2) is 35.9 Å². The first-order chi connectivity index (χ1) is 13.9. The summed E-state index contributed by atoms with van der Waals surface area (Å²) >= 11 is 5.89. The van der Waals surface area contributed by atoms with Crippen molar-refractivity contribution in [1.82, 2.24) is 10.2 Å². The molecular weight excluding hydrogens is 388 g/mol. The summed E-state index contributed by atoms with van der Waals surface area (Å²) in [4.78, 5) is 27.4. The minimum atomic E-state index is -0.560. The predicted octanol–water partition coefficient (Wildman–Crippen LogP) is 4.30. The number of carbonyl (C=O) groups excluding carboxylic acids is 2. The lowest BCUT2D eigenvalue weighted by molar-refractivity contribution is -0.143. The van der Waals surface area contributed by atoms with Crippen molar-refractivity contribution < 1.29 is 14.3 Å². The Kier molecular flexibility index (Phi) is 9.00. The van der Waals surface area contributed by atoms with Crippen LogP contribution in [0.2, 0.25) is 5.02 Å². The molecule has 29 heavy (non-hydrogen) atoms. The SMILES string of the molecule is CCC(C(=O)NCC(C)C)N(Cc1ccccc1)C(=O)COc1ccc(Cl)cc1. The molecule has 0 radical (unpaired) electrons. The molecule has 0 fully saturated rings. The van der Waals surface area contributed by atoms with Gasteiger partial charge in [0.25, 0.3) is 5.91 Å². The normalized spacial score (nSPS) is 11.8. The van der Waals surface area contributed by atoms with Gasteiger partial charge in [0, 0.05) is 18.1 Å². The molecule has 0 heterocycles. The molecule has 0 bridgehead atoms. The Balaban J connectivity index is 2.14. The van der Waals surface area contributed by atoms with E-state index in [1.54, 1.807) is 29.2 Å². The number of halogens is 1. The van der Waals surface area contributed by atoms with E-state index in [1.165, 1.54) is 0 Å². The molecule has 1 N–H and O–H groups in total.